The summed E-state index contributed by atoms with van der Waals surface area (Å²) in [5, 5.41) is 2.97. The molecule has 0 atom stereocenters. The lowest BCUT2D eigenvalue weighted by Gasteiger charge is -2.34. The minimum Gasteiger partial charge on any atom is -0.369 e. The molecular formula is C21H23N5O. The van der Waals surface area contributed by atoms with Gasteiger partial charge >= 0.3 is 0 Å². The van der Waals surface area contributed by atoms with Crippen LogP contribution in [0, 0.1) is 0 Å². The average Bonchev–Trinajstić information content (AvgIpc) is 3.20. The number of piperazine rings is 1. The van der Waals surface area contributed by atoms with E-state index in [0.29, 0.717) is 5.69 Å². The van der Waals surface area contributed by atoms with Gasteiger partial charge in [-0.25, -0.2) is 4.98 Å². The van der Waals surface area contributed by atoms with Crippen LogP contribution in [-0.2, 0) is 0 Å². The van der Waals surface area contributed by atoms with Crippen LogP contribution in [0.3, 0.4) is 0 Å². The monoisotopic (exact) mass is 361 g/mol. The second kappa shape index (κ2) is 7.63. The molecule has 27 heavy (non-hydrogen) atoms. The molecule has 1 aliphatic heterocycles. The number of aromatic nitrogens is 2. The predicted octanol–water partition coefficient (Wildman–Crippen LogP) is 2.88. The molecule has 2 aromatic carbocycles. The van der Waals surface area contributed by atoms with Crippen LogP contribution in [0.25, 0.3) is 5.69 Å². The maximum atomic E-state index is 12.7. The number of amides is 1. The highest BCUT2D eigenvalue weighted by molar-refractivity contribution is 6.03. The molecule has 1 aromatic heterocycles. The standard InChI is InChI=1S/C21H23N5O/c1-24-11-13-25(14-12-24)18-9-7-17(8-10-18)23-21(27)20-15-22-16-26(20)19-5-3-2-4-6-19/h2-10,15-16H,11-14H2,1H3,(H,23,27). The highest BCUT2D eigenvalue weighted by Crippen LogP contribution is 2.20. The van der Waals surface area contributed by atoms with Crippen molar-refractivity contribution in [1.29, 1.82) is 0 Å². The van der Waals surface area contributed by atoms with Gasteiger partial charge in [0.05, 0.1) is 12.5 Å². The summed E-state index contributed by atoms with van der Waals surface area (Å²) in [6.45, 7) is 4.20. The van der Waals surface area contributed by atoms with Crippen LogP contribution in [0.5, 0.6) is 0 Å². The Kier molecular flexibility index (Phi) is 4.89. The molecule has 0 bridgehead atoms. The molecule has 1 aliphatic rings. The Morgan fingerprint density at radius 3 is 2.33 bits per heavy atom. The number of carbonyl (C=O) groups is 1. The molecule has 0 unspecified atom stereocenters. The number of carbonyl (C=O) groups excluding carboxylic acids is 1. The molecular weight excluding hydrogens is 338 g/mol. The van der Waals surface area contributed by atoms with Crippen LogP contribution in [0.1, 0.15) is 10.5 Å². The molecule has 3 aromatic rings. The van der Waals surface area contributed by atoms with Gasteiger partial charge in [-0.1, -0.05) is 18.2 Å². The van der Waals surface area contributed by atoms with Gasteiger partial charge in [-0.3, -0.25) is 9.36 Å². The molecule has 1 saturated heterocycles. The highest BCUT2D eigenvalue weighted by atomic mass is 16.2. The number of para-hydroxylation sites is 1. The van der Waals surface area contributed by atoms with Crippen LogP contribution in [0.4, 0.5) is 11.4 Å². The molecule has 2 heterocycles. The van der Waals surface area contributed by atoms with Gasteiger partial charge in [0.2, 0.25) is 0 Å². The zero-order valence-electron chi connectivity index (χ0n) is 15.4. The Hall–Kier alpha value is -3.12. The number of imidazole rings is 1. The molecule has 138 valence electrons. The highest BCUT2D eigenvalue weighted by Gasteiger charge is 2.15. The van der Waals surface area contributed by atoms with Crippen molar-refractivity contribution in [2.75, 3.05) is 43.4 Å². The third-order valence-electron chi connectivity index (χ3n) is 4.90. The van der Waals surface area contributed by atoms with E-state index in [9.17, 15) is 4.79 Å². The number of anilines is 2. The Balaban J connectivity index is 1.46. The van der Waals surface area contributed by atoms with Crippen LogP contribution in [0.2, 0.25) is 0 Å². The summed E-state index contributed by atoms with van der Waals surface area (Å²) in [4.78, 5) is 21.5. The first-order chi connectivity index (χ1) is 13.2. The lowest BCUT2D eigenvalue weighted by molar-refractivity contribution is 0.102. The lowest BCUT2D eigenvalue weighted by Crippen LogP contribution is -2.44. The Labute approximate surface area is 159 Å². The van der Waals surface area contributed by atoms with Gasteiger partial charge in [0.15, 0.2) is 0 Å². The quantitative estimate of drug-likeness (QED) is 0.776. The summed E-state index contributed by atoms with van der Waals surface area (Å²) in [6.07, 6.45) is 3.24. The largest absolute Gasteiger partial charge is 0.369 e. The molecule has 6 nitrogen and oxygen atoms in total. The van der Waals surface area contributed by atoms with Gasteiger partial charge in [-0.05, 0) is 43.4 Å². The normalized spacial score (nSPS) is 14.9. The van der Waals surface area contributed by atoms with Gasteiger partial charge in [0, 0.05) is 43.2 Å². The van der Waals surface area contributed by atoms with Crippen molar-refractivity contribution in [3.05, 3.63) is 72.8 Å². The van der Waals surface area contributed by atoms with Gasteiger partial charge in [-0.2, -0.15) is 0 Å². The fourth-order valence-electron chi connectivity index (χ4n) is 3.27. The van der Waals surface area contributed by atoms with Crippen molar-refractivity contribution in [3.63, 3.8) is 0 Å². The number of hydrogen-bond donors (Lipinski definition) is 1. The van der Waals surface area contributed by atoms with E-state index in [2.05, 4.69) is 39.3 Å². The first-order valence-electron chi connectivity index (χ1n) is 9.13. The van der Waals surface area contributed by atoms with Gasteiger partial charge < -0.3 is 15.1 Å². The van der Waals surface area contributed by atoms with E-state index >= 15 is 0 Å². The van der Waals surface area contributed by atoms with E-state index in [1.165, 1.54) is 5.69 Å². The number of likely N-dealkylation sites (N-methyl/N-ethyl adjacent to an activating group) is 1. The number of benzene rings is 2. The molecule has 0 spiro atoms. The van der Waals surface area contributed by atoms with Gasteiger partial charge in [0.1, 0.15) is 5.69 Å². The van der Waals surface area contributed by atoms with Gasteiger partial charge in [-0.15, -0.1) is 0 Å². The van der Waals surface area contributed by atoms with E-state index in [1.807, 2.05) is 42.5 Å². The first kappa shape index (κ1) is 17.3. The summed E-state index contributed by atoms with van der Waals surface area (Å²) in [7, 11) is 2.15. The number of nitrogens with one attached hydrogen (secondary N) is 1. The van der Waals surface area contributed by atoms with Crippen LogP contribution in [0.15, 0.2) is 67.1 Å². The Morgan fingerprint density at radius 2 is 1.63 bits per heavy atom. The molecule has 0 aliphatic carbocycles. The van der Waals surface area contributed by atoms with Crippen molar-refractivity contribution < 1.29 is 4.79 Å². The summed E-state index contributed by atoms with van der Waals surface area (Å²) in [5.41, 5.74) is 3.38. The minimum absolute atomic E-state index is 0.177. The number of rotatable bonds is 4. The topological polar surface area (TPSA) is 53.4 Å². The van der Waals surface area contributed by atoms with Crippen molar-refractivity contribution in [2.24, 2.45) is 0 Å². The fourth-order valence-corrected chi connectivity index (χ4v) is 3.27. The second-order valence-corrected chi connectivity index (χ2v) is 6.78. The zero-order valence-corrected chi connectivity index (χ0v) is 15.4. The van der Waals surface area contributed by atoms with Crippen molar-refractivity contribution >= 4 is 17.3 Å². The molecule has 0 radical (unpaired) electrons. The van der Waals surface area contributed by atoms with Crippen LogP contribution >= 0.6 is 0 Å². The molecule has 1 N–H and O–H groups in total. The van der Waals surface area contributed by atoms with E-state index in [0.717, 1.165) is 37.6 Å². The summed E-state index contributed by atoms with van der Waals surface area (Å²) in [6, 6.07) is 17.8. The van der Waals surface area contributed by atoms with Gasteiger partial charge in [0.25, 0.3) is 5.91 Å². The lowest BCUT2D eigenvalue weighted by atomic mass is 10.2. The van der Waals surface area contributed by atoms with E-state index < -0.39 is 0 Å². The number of nitrogens with zero attached hydrogens (tertiary/aromatic N) is 4. The van der Waals surface area contributed by atoms with Crippen LogP contribution in [-0.4, -0.2) is 53.6 Å². The van der Waals surface area contributed by atoms with E-state index in [1.54, 1.807) is 17.1 Å². The second-order valence-electron chi connectivity index (χ2n) is 6.78. The van der Waals surface area contributed by atoms with E-state index in [-0.39, 0.29) is 5.91 Å². The van der Waals surface area contributed by atoms with Crippen LogP contribution < -0.4 is 10.2 Å². The zero-order chi connectivity index (χ0) is 18.6. The average molecular weight is 361 g/mol. The predicted molar refractivity (Wildman–Crippen MR) is 108 cm³/mol. The molecule has 0 saturated carbocycles. The maximum Gasteiger partial charge on any atom is 0.274 e. The summed E-state index contributed by atoms with van der Waals surface area (Å²) >= 11 is 0. The first-order valence-corrected chi connectivity index (χ1v) is 9.13. The third-order valence-corrected chi connectivity index (χ3v) is 4.90. The fraction of sp³-hybridized carbons (Fsp3) is 0.238. The third kappa shape index (κ3) is 3.85. The van der Waals surface area contributed by atoms with E-state index in [4.69, 9.17) is 0 Å². The van der Waals surface area contributed by atoms with Crippen molar-refractivity contribution in [2.45, 2.75) is 0 Å². The molecule has 6 heteroatoms. The van der Waals surface area contributed by atoms with Crippen molar-refractivity contribution in [3.8, 4) is 5.69 Å². The number of hydrogen-bond acceptors (Lipinski definition) is 4. The summed E-state index contributed by atoms with van der Waals surface area (Å²) in [5.74, 6) is -0.177. The Bertz CT molecular complexity index is 896. The maximum absolute atomic E-state index is 12.7. The van der Waals surface area contributed by atoms with Crippen molar-refractivity contribution in [1.82, 2.24) is 14.5 Å². The molecule has 4 rings (SSSR count). The smallest absolute Gasteiger partial charge is 0.274 e. The molecule has 1 fully saturated rings. The minimum atomic E-state index is -0.177. The SMILES string of the molecule is CN1CCN(c2ccc(NC(=O)c3cncn3-c3ccccc3)cc2)CC1. The molecule has 1 amide bonds. The Morgan fingerprint density at radius 1 is 0.926 bits per heavy atom. The summed E-state index contributed by atoms with van der Waals surface area (Å²) < 4.78 is 1.79.